The Kier molecular flexibility index (Phi) is 6.21. The van der Waals surface area contributed by atoms with E-state index in [1.54, 1.807) is 0 Å². The summed E-state index contributed by atoms with van der Waals surface area (Å²) < 4.78 is 6.13. The summed E-state index contributed by atoms with van der Waals surface area (Å²) in [6.45, 7) is 7.00. The highest BCUT2D eigenvalue weighted by molar-refractivity contribution is 7.99. The number of aliphatic hydroxyl groups is 1. The smallest absolute Gasteiger partial charge is 0.0702 e. The van der Waals surface area contributed by atoms with Gasteiger partial charge in [-0.25, -0.2) is 0 Å². The molecule has 0 aromatic carbocycles. The topological polar surface area (TPSA) is 41.5 Å². The summed E-state index contributed by atoms with van der Waals surface area (Å²) in [4.78, 5) is 0. The first-order valence-corrected chi connectivity index (χ1v) is 9.38. The zero-order valence-electron chi connectivity index (χ0n) is 13.1. The SMILES string of the molecule is CCCNCCC(C)(O)C1CCOC2(CCSCC2)C1. The van der Waals surface area contributed by atoms with Crippen LogP contribution in [0.25, 0.3) is 0 Å². The van der Waals surface area contributed by atoms with Gasteiger partial charge in [-0.1, -0.05) is 6.92 Å². The molecule has 1 spiro atoms. The Hall–Kier alpha value is 0.230. The third kappa shape index (κ3) is 4.36. The molecule has 2 fully saturated rings. The molecule has 0 aliphatic carbocycles. The van der Waals surface area contributed by atoms with Crippen LogP contribution >= 0.6 is 11.8 Å². The van der Waals surface area contributed by atoms with Gasteiger partial charge in [-0.3, -0.25) is 0 Å². The van der Waals surface area contributed by atoms with Crippen LogP contribution < -0.4 is 5.32 Å². The summed E-state index contributed by atoms with van der Waals surface area (Å²) in [5, 5.41) is 14.3. The summed E-state index contributed by atoms with van der Waals surface area (Å²) >= 11 is 2.04. The van der Waals surface area contributed by atoms with E-state index in [1.165, 1.54) is 24.3 Å². The highest BCUT2D eigenvalue weighted by Crippen LogP contribution is 2.43. The van der Waals surface area contributed by atoms with Gasteiger partial charge in [0.15, 0.2) is 0 Å². The van der Waals surface area contributed by atoms with Gasteiger partial charge in [0.1, 0.15) is 0 Å². The quantitative estimate of drug-likeness (QED) is 0.740. The van der Waals surface area contributed by atoms with Crippen molar-refractivity contribution in [1.82, 2.24) is 5.32 Å². The predicted octanol–water partition coefficient (Wildman–Crippen LogP) is 2.82. The van der Waals surface area contributed by atoms with Crippen molar-refractivity contribution < 1.29 is 9.84 Å². The zero-order chi connectivity index (χ0) is 14.5. The Labute approximate surface area is 128 Å². The molecule has 0 radical (unpaired) electrons. The van der Waals surface area contributed by atoms with Gasteiger partial charge in [0.2, 0.25) is 0 Å². The van der Waals surface area contributed by atoms with Crippen molar-refractivity contribution in [3.63, 3.8) is 0 Å². The van der Waals surface area contributed by atoms with Crippen molar-refractivity contribution in [3.05, 3.63) is 0 Å². The second kappa shape index (κ2) is 7.48. The first kappa shape index (κ1) is 16.6. The lowest BCUT2D eigenvalue weighted by Crippen LogP contribution is -2.49. The number of thioether (sulfide) groups is 1. The van der Waals surface area contributed by atoms with Gasteiger partial charge in [0.05, 0.1) is 11.2 Å². The number of rotatable bonds is 6. The first-order chi connectivity index (χ1) is 9.58. The summed E-state index contributed by atoms with van der Waals surface area (Å²) in [7, 11) is 0. The van der Waals surface area contributed by atoms with E-state index in [1.807, 2.05) is 18.7 Å². The Morgan fingerprint density at radius 1 is 1.35 bits per heavy atom. The van der Waals surface area contributed by atoms with Crippen LogP contribution in [0.15, 0.2) is 0 Å². The molecular formula is C16H31NO2S. The minimum absolute atomic E-state index is 0.0784. The van der Waals surface area contributed by atoms with Gasteiger partial charge >= 0.3 is 0 Å². The van der Waals surface area contributed by atoms with E-state index in [2.05, 4.69) is 12.2 Å². The van der Waals surface area contributed by atoms with E-state index < -0.39 is 5.60 Å². The van der Waals surface area contributed by atoms with Crippen molar-refractivity contribution in [1.29, 1.82) is 0 Å². The van der Waals surface area contributed by atoms with E-state index >= 15 is 0 Å². The summed E-state index contributed by atoms with van der Waals surface area (Å²) in [6, 6.07) is 0. The highest BCUT2D eigenvalue weighted by atomic mass is 32.2. The van der Waals surface area contributed by atoms with Gasteiger partial charge in [-0.2, -0.15) is 11.8 Å². The molecule has 3 nitrogen and oxygen atoms in total. The molecule has 2 unspecified atom stereocenters. The molecule has 0 bridgehead atoms. The lowest BCUT2D eigenvalue weighted by atomic mass is 9.73. The molecule has 0 aromatic rings. The average molecular weight is 301 g/mol. The number of nitrogens with one attached hydrogen (secondary N) is 1. The predicted molar refractivity (Wildman–Crippen MR) is 86.4 cm³/mol. The maximum atomic E-state index is 10.9. The van der Waals surface area contributed by atoms with Crippen LogP contribution in [-0.4, -0.2) is 47.5 Å². The lowest BCUT2D eigenvalue weighted by molar-refractivity contribution is -0.143. The molecule has 2 aliphatic rings. The fourth-order valence-corrected chi connectivity index (χ4v) is 4.73. The first-order valence-electron chi connectivity index (χ1n) is 8.23. The third-order valence-corrected chi connectivity index (χ3v) is 6.00. The Morgan fingerprint density at radius 3 is 2.80 bits per heavy atom. The van der Waals surface area contributed by atoms with Gasteiger partial charge in [0, 0.05) is 6.61 Å². The summed E-state index contributed by atoms with van der Waals surface area (Å²) in [6.07, 6.45) is 6.39. The van der Waals surface area contributed by atoms with Crippen molar-refractivity contribution in [3.8, 4) is 0 Å². The minimum atomic E-state index is -0.553. The molecule has 2 heterocycles. The molecule has 0 aromatic heterocycles. The molecule has 2 rings (SSSR count). The minimum Gasteiger partial charge on any atom is -0.390 e. The zero-order valence-corrected chi connectivity index (χ0v) is 13.9. The van der Waals surface area contributed by atoms with Gasteiger partial charge in [-0.05, 0) is 76.0 Å². The van der Waals surface area contributed by atoms with E-state index in [9.17, 15) is 5.11 Å². The van der Waals surface area contributed by atoms with Crippen LogP contribution in [0, 0.1) is 5.92 Å². The summed E-state index contributed by atoms with van der Waals surface area (Å²) in [5.74, 6) is 2.82. The van der Waals surface area contributed by atoms with Gasteiger partial charge in [-0.15, -0.1) is 0 Å². The van der Waals surface area contributed by atoms with Crippen LogP contribution in [0.1, 0.15) is 52.4 Å². The molecule has 2 atom stereocenters. The molecule has 20 heavy (non-hydrogen) atoms. The van der Waals surface area contributed by atoms with Crippen molar-refractivity contribution in [2.75, 3.05) is 31.2 Å². The number of ether oxygens (including phenoxy) is 1. The van der Waals surface area contributed by atoms with Crippen molar-refractivity contribution in [2.24, 2.45) is 5.92 Å². The highest BCUT2D eigenvalue weighted by Gasteiger charge is 2.44. The largest absolute Gasteiger partial charge is 0.390 e. The fraction of sp³-hybridized carbons (Fsp3) is 1.00. The normalized spacial score (nSPS) is 29.2. The maximum Gasteiger partial charge on any atom is 0.0702 e. The molecule has 2 N–H and O–H groups in total. The van der Waals surface area contributed by atoms with E-state index in [0.717, 1.165) is 45.4 Å². The van der Waals surface area contributed by atoms with Crippen LogP contribution in [0.4, 0.5) is 0 Å². The van der Waals surface area contributed by atoms with Gasteiger partial charge < -0.3 is 15.2 Å². The molecular weight excluding hydrogens is 270 g/mol. The van der Waals surface area contributed by atoms with Crippen molar-refractivity contribution >= 4 is 11.8 Å². The van der Waals surface area contributed by atoms with Crippen LogP contribution in [0.2, 0.25) is 0 Å². The van der Waals surface area contributed by atoms with E-state index in [4.69, 9.17) is 4.74 Å². The van der Waals surface area contributed by atoms with E-state index in [-0.39, 0.29) is 5.60 Å². The molecule has 118 valence electrons. The lowest BCUT2D eigenvalue weighted by Gasteiger charge is -2.47. The standard InChI is InChI=1S/C16H31NO2S/c1-3-8-17-9-5-15(2,18)14-4-10-19-16(13-14)6-11-20-12-7-16/h14,17-18H,3-13H2,1-2H3. The Bertz CT molecular complexity index is 285. The Balaban J connectivity index is 1.86. The molecule has 2 aliphatic heterocycles. The molecule has 2 saturated heterocycles. The second-order valence-corrected chi connectivity index (χ2v) is 7.92. The van der Waals surface area contributed by atoms with Crippen LogP contribution in [-0.2, 0) is 4.74 Å². The monoisotopic (exact) mass is 301 g/mol. The Morgan fingerprint density at radius 2 is 2.10 bits per heavy atom. The molecule has 0 saturated carbocycles. The van der Waals surface area contributed by atoms with Gasteiger partial charge in [0.25, 0.3) is 0 Å². The van der Waals surface area contributed by atoms with Crippen LogP contribution in [0.3, 0.4) is 0 Å². The molecule has 4 heteroatoms. The maximum absolute atomic E-state index is 10.9. The number of hydrogen-bond acceptors (Lipinski definition) is 4. The molecule has 0 amide bonds. The van der Waals surface area contributed by atoms with E-state index in [0.29, 0.717) is 5.92 Å². The third-order valence-electron chi connectivity index (χ3n) is 5.01. The summed E-state index contributed by atoms with van der Waals surface area (Å²) in [5.41, 5.74) is -0.475. The number of hydrogen-bond donors (Lipinski definition) is 2. The average Bonchev–Trinajstić information content (AvgIpc) is 2.45. The van der Waals surface area contributed by atoms with Crippen LogP contribution in [0.5, 0.6) is 0 Å². The fourth-order valence-electron chi connectivity index (χ4n) is 3.50. The second-order valence-electron chi connectivity index (χ2n) is 6.69. The van der Waals surface area contributed by atoms with Crippen molar-refractivity contribution in [2.45, 2.75) is 63.6 Å².